The smallest absolute Gasteiger partial charge is 0.257 e. The quantitative estimate of drug-likeness (QED) is 0.608. The minimum Gasteiger partial charge on any atom is -0.431 e. The van der Waals surface area contributed by atoms with Gasteiger partial charge in [-0.25, -0.2) is 17.7 Å². The van der Waals surface area contributed by atoms with E-state index in [4.69, 9.17) is 16.0 Å². The molecule has 3 aromatic rings. The number of anilines is 1. The first-order chi connectivity index (χ1) is 12.8. The maximum absolute atomic E-state index is 12.2. The molecule has 0 aliphatic rings. The van der Waals surface area contributed by atoms with Gasteiger partial charge < -0.3 is 9.73 Å². The summed E-state index contributed by atoms with van der Waals surface area (Å²) in [6.07, 6.45) is 0. The Morgan fingerprint density at radius 2 is 2.04 bits per heavy atom. The molecule has 1 amide bonds. The highest BCUT2D eigenvalue weighted by atomic mass is 35.5. The van der Waals surface area contributed by atoms with Crippen molar-refractivity contribution in [3.8, 4) is 0 Å². The summed E-state index contributed by atoms with van der Waals surface area (Å²) in [7, 11) is -0.669. The summed E-state index contributed by atoms with van der Waals surface area (Å²) in [5.41, 5.74) is 1.60. The molecule has 142 valence electrons. The minimum absolute atomic E-state index is 0.0607. The van der Waals surface area contributed by atoms with E-state index in [1.807, 2.05) is 0 Å². The van der Waals surface area contributed by atoms with Crippen molar-refractivity contribution in [2.45, 2.75) is 10.1 Å². The van der Waals surface area contributed by atoms with Gasteiger partial charge in [-0.2, -0.15) is 0 Å². The average molecular weight is 426 g/mol. The highest BCUT2D eigenvalue weighted by Crippen LogP contribution is 2.26. The topological polar surface area (TPSA) is 92.5 Å². The zero-order valence-electron chi connectivity index (χ0n) is 14.5. The van der Waals surface area contributed by atoms with Crippen LogP contribution in [-0.2, 0) is 14.8 Å². The Labute approximate surface area is 165 Å². The van der Waals surface area contributed by atoms with Crippen molar-refractivity contribution in [3.63, 3.8) is 0 Å². The van der Waals surface area contributed by atoms with E-state index in [1.165, 1.54) is 26.2 Å². The average Bonchev–Trinajstić information content (AvgIpc) is 3.02. The number of fused-ring (bicyclic) bond motifs is 1. The number of carbonyl (C=O) groups is 1. The maximum Gasteiger partial charge on any atom is 0.257 e. The number of hydrogen-bond acceptors (Lipinski definition) is 6. The molecule has 0 spiro atoms. The fourth-order valence-electron chi connectivity index (χ4n) is 2.21. The van der Waals surface area contributed by atoms with Crippen LogP contribution in [0.4, 0.5) is 5.69 Å². The van der Waals surface area contributed by atoms with E-state index in [2.05, 4.69) is 10.3 Å². The number of aromatic nitrogens is 1. The third-order valence-electron chi connectivity index (χ3n) is 3.55. The van der Waals surface area contributed by atoms with E-state index >= 15 is 0 Å². The van der Waals surface area contributed by atoms with E-state index in [0.29, 0.717) is 27.0 Å². The molecule has 0 saturated heterocycles. The molecule has 2 aromatic carbocycles. The Hall–Kier alpha value is -2.07. The Kier molecular flexibility index (Phi) is 5.75. The Morgan fingerprint density at radius 3 is 2.78 bits per heavy atom. The lowest BCUT2D eigenvalue weighted by atomic mass is 10.3. The van der Waals surface area contributed by atoms with Crippen molar-refractivity contribution >= 4 is 56.1 Å². The summed E-state index contributed by atoms with van der Waals surface area (Å²) in [5, 5.41) is 3.58. The number of benzene rings is 2. The number of carbonyl (C=O) groups excluding carboxylic acids is 1. The summed E-state index contributed by atoms with van der Waals surface area (Å²) in [5.74, 6) is -0.245. The molecule has 1 aromatic heterocycles. The van der Waals surface area contributed by atoms with Crippen molar-refractivity contribution in [2.24, 2.45) is 0 Å². The van der Waals surface area contributed by atoms with Crippen LogP contribution in [0.5, 0.6) is 0 Å². The molecule has 0 aliphatic heterocycles. The Morgan fingerprint density at radius 1 is 1.26 bits per heavy atom. The monoisotopic (exact) mass is 425 g/mol. The number of nitrogens with zero attached hydrogens (tertiary/aromatic N) is 2. The third kappa shape index (κ3) is 4.62. The van der Waals surface area contributed by atoms with Crippen LogP contribution < -0.4 is 5.32 Å². The lowest BCUT2D eigenvalue weighted by Gasteiger charge is -2.12. The van der Waals surface area contributed by atoms with Crippen molar-refractivity contribution in [3.05, 3.63) is 47.5 Å². The number of hydrogen-bond donors (Lipinski definition) is 1. The zero-order valence-corrected chi connectivity index (χ0v) is 16.9. The van der Waals surface area contributed by atoms with Crippen molar-refractivity contribution in [1.82, 2.24) is 9.29 Å². The standard InChI is InChI=1S/C17H16ClN3O4S2/c1-21(2)27(23,24)13-5-3-4-12(9-13)19-16(22)10-26-17-20-14-8-11(18)6-7-15(14)25-17/h3-9H,10H2,1-2H3,(H,19,22). The van der Waals surface area contributed by atoms with Crippen LogP contribution in [0.2, 0.25) is 5.02 Å². The summed E-state index contributed by atoms with van der Waals surface area (Å²) >= 11 is 7.05. The van der Waals surface area contributed by atoms with Gasteiger partial charge >= 0.3 is 0 Å². The molecular formula is C17H16ClN3O4S2. The van der Waals surface area contributed by atoms with E-state index in [0.717, 1.165) is 16.1 Å². The summed E-state index contributed by atoms with van der Waals surface area (Å²) in [6, 6.07) is 11.2. The molecule has 10 heteroatoms. The lowest BCUT2D eigenvalue weighted by molar-refractivity contribution is -0.113. The number of sulfonamides is 1. The molecule has 0 unspecified atom stereocenters. The van der Waals surface area contributed by atoms with E-state index in [1.54, 1.807) is 30.3 Å². The highest BCUT2D eigenvalue weighted by molar-refractivity contribution is 7.99. The molecule has 0 bridgehead atoms. The summed E-state index contributed by atoms with van der Waals surface area (Å²) < 4.78 is 31.0. The van der Waals surface area contributed by atoms with Gasteiger partial charge in [0, 0.05) is 24.8 Å². The van der Waals surface area contributed by atoms with Gasteiger partial charge in [0.25, 0.3) is 5.22 Å². The summed E-state index contributed by atoms with van der Waals surface area (Å²) in [6.45, 7) is 0. The van der Waals surface area contributed by atoms with Crippen LogP contribution in [0.3, 0.4) is 0 Å². The fraction of sp³-hybridized carbons (Fsp3) is 0.176. The second kappa shape index (κ2) is 7.89. The molecule has 0 aliphatic carbocycles. The molecule has 1 heterocycles. The van der Waals surface area contributed by atoms with E-state index < -0.39 is 10.0 Å². The number of rotatable bonds is 6. The number of amides is 1. The molecule has 3 rings (SSSR count). The molecule has 0 radical (unpaired) electrons. The van der Waals surface area contributed by atoms with Gasteiger partial charge in [0.1, 0.15) is 5.52 Å². The third-order valence-corrected chi connectivity index (χ3v) is 6.43. The second-order valence-corrected chi connectivity index (χ2v) is 9.26. The van der Waals surface area contributed by atoms with Gasteiger partial charge in [-0.15, -0.1) is 0 Å². The first kappa shape index (κ1) is 19.7. The maximum atomic E-state index is 12.2. The molecule has 0 fully saturated rings. The summed E-state index contributed by atoms with van der Waals surface area (Å²) in [4.78, 5) is 16.5. The number of thioether (sulfide) groups is 1. The predicted octanol–water partition coefficient (Wildman–Crippen LogP) is 3.46. The van der Waals surface area contributed by atoms with Crippen LogP contribution in [0, 0.1) is 0 Å². The molecule has 0 saturated carbocycles. The largest absolute Gasteiger partial charge is 0.431 e. The normalized spacial score (nSPS) is 11.9. The fourth-order valence-corrected chi connectivity index (χ4v) is 3.96. The van der Waals surface area contributed by atoms with Gasteiger partial charge in [-0.05, 0) is 36.4 Å². The van der Waals surface area contributed by atoms with Crippen molar-refractivity contribution in [1.29, 1.82) is 0 Å². The van der Waals surface area contributed by atoms with Crippen LogP contribution in [0.1, 0.15) is 0 Å². The second-order valence-electron chi connectivity index (χ2n) is 5.74. The molecular weight excluding hydrogens is 410 g/mol. The van der Waals surface area contributed by atoms with Crippen molar-refractivity contribution in [2.75, 3.05) is 25.2 Å². The molecule has 7 nitrogen and oxygen atoms in total. The number of oxazole rings is 1. The molecule has 1 N–H and O–H groups in total. The van der Waals surface area contributed by atoms with Crippen LogP contribution in [0.25, 0.3) is 11.1 Å². The molecule has 0 atom stereocenters. The van der Waals surface area contributed by atoms with Gasteiger partial charge in [-0.3, -0.25) is 4.79 Å². The van der Waals surface area contributed by atoms with Crippen LogP contribution in [-0.4, -0.2) is 43.5 Å². The first-order valence-electron chi connectivity index (χ1n) is 7.77. The van der Waals surface area contributed by atoms with Crippen molar-refractivity contribution < 1.29 is 17.6 Å². The van der Waals surface area contributed by atoms with E-state index in [-0.39, 0.29) is 16.6 Å². The van der Waals surface area contributed by atoms with Crippen LogP contribution >= 0.6 is 23.4 Å². The zero-order chi connectivity index (χ0) is 19.6. The SMILES string of the molecule is CN(C)S(=O)(=O)c1cccc(NC(=O)CSc2nc3cc(Cl)ccc3o2)c1. The number of halogens is 1. The predicted molar refractivity (Wildman–Crippen MR) is 106 cm³/mol. The van der Waals surface area contributed by atoms with Gasteiger partial charge in [0.2, 0.25) is 15.9 Å². The Bertz CT molecular complexity index is 1100. The van der Waals surface area contributed by atoms with Gasteiger partial charge in [0.15, 0.2) is 5.58 Å². The van der Waals surface area contributed by atoms with Crippen LogP contribution in [0.15, 0.2) is 57.0 Å². The van der Waals surface area contributed by atoms with E-state index in [9.17, 15) is 13.2 Å². The Balaban J connectivity index is 1.65. The first-order valence-corrected chi connectivity index (χ1v) is 10.6. The number of nitrogens with one attached hydrogen (secondary N) is 1. The van der Waals surface area contributed by atoms with Gasteiger partial charge in [-0.1, -0.05) is 29.4 Å². The lowest BCUT2D eigenvalue weighted by Crippen LogP contribution is -2.22. The molecule has 27 heavy (non-hydrogen) atoms. The van der Waals surface area contributed by atoms with Gasteiger partial charge in [0.05, 0.1) is 10.6 Å². The highest BCUT2D eigenvalue weighted by Gasteiger charge is 2.18. The minimum atomic E-state index is -3.57.